The molecule has 19 heavy (non-hydrogen) atoms. The van der Waals surface area contributed by atoms with E-state index in [0.29, 0.717) is 18.7 Å². The Labute approximate surface area is 109 Å². The van der Waals surface area contributed by atoms with Crippen LogP contribution in [0.25, 0.3) is 0 Å². The van der Waals surface area contributed by atoms with Crippen molar-refractivity contribution in [1.82, 2.24) is 9.55 Å². The van der Waals surface area contributed by atoms with Crippen LogP contribution in [0.3, 0.4) is 0 Å². The van der Waals surface area contributed by atoms with E-state index >= 15 is 0 Å². The van der Waals surface area contributed by atoms with E-state index in [0.717, 1.165) is 11.9 Å². The molecule has 0 aliphatic carbocycles. The Bertz CT molecular complexity index is 595. The first-order valence-corrected chi connectivity index (χ1v) is 5.81. The van der Waals surface area contributed by atoms with Gasteiger partial charge < -0.3 is 15.0 Å². The molecule has 5 nitrogen and oxygen atoms in total. The van der Waals surface area contributed by atoms with E-state index in [-0.39, 0.29) is 5.56 Å². The zero-order chi connectivity index (χ0) is 13.8. The summed E-state index contributed by atoms with van der Waals surface area (Å²) in [5.41, 5.74) is 0.336. The van der Waals surface area contributed by atoms with Gasteiger partial charge in [0.1, 0.15) is 11.6 Å². The molecule has 0 saturated carbocycles. The van der Waals surface area contributed by atoms with Crippen LogP contribution in [0.2, 0.25) is 0 Å². The Morgan fingerprint density at radius 3 is 2.95 bits per heavy atom. The first kappa shape index (κ1) is 13.1. The number of anilines is 1. The average Bonchev–Trinajstić information content (AvgIpc) is 2.77. The second-order valence-electron chi connectivity index (χ2n) is 4.13. The highest BCUT2D eigenvalue weighted by molar-refractivity contribution is 5.94. The van der Waals surface area contributed by atoms with Crippen molar-refractivity contribution in [2.75, 3.05) is 11.9 Å². The summed E-state index contributed by atoms with van der Waals surface area (Å²) < 4.78 is 14.9. The molecule has 0 aliphatic heterocycles. The van der Waals surface area contributed by atoms with Crippen LogP contribution in [0.4, 0.5) is 10.1 Å². The van der Waals surface area contributed by atoms with Crippen molar-refractivity contribution in [3.05, 3.63) is 47.8 Å². The monoisotopic (exact) mass is 263 g/mol. The zero-order valence-corrected chi connectivity index (χ0v) is 10.4. The lowest BCUT2D eigenvalue weighted by Gasteiger charge is -2.09. The van der Waals surface area contributed by atoms with Crippen LogP contribution >= 0.6 is 0 Å². The molecule has 2 N–H and O–H groups in total. The largest absolute Gasteiger partial charge is 0.478 e. The Balaban J connectivity index is 2.03. The number of benzene rings is 1. The van der Waals surface area contributed by atoms with Gasteiger partial charge in [-0.2, -0.15) is 0 Å². The van der Waals surface area contributed by atoms with Crippen LogP contribution in [-0.4, -0.2) is 27.2 Å². The van der Waals surface area contributed by atoms with E-state index in [9.17, 15) is 9.18 Å². The molecule has 6 heteroatoms. The van der Waals surface area contributed by atoms with E-state index in [2.05, 4.69) is 10.3 Å². The molecule has 100 valence electrons. The number of rotatable bonds is 5. The summed E-state index contributed by atoms with van der Waals surface area (Å²) in [6.45, 7) is 0.525. The van der Waals surface area contributed by atoms with Crippen molar-refractivity contribution < 1.29 is 14.3 Å². The van der Waals surface area contributed by atoms with Gasteiger partial charge >= 0.3 is 5.97 Å². The highest BCUT2D eigenvalue weighted by Gasteiger charge is 2.11. The smallest absolute Gasteiger partial charge is 0.337 e. The number of carbonyl (C=O) groups is 1. The van der Waals surface area contributed by atoms with Gasteiger partial charge in [0.05, 0.1) is 5.56 Å². The third-order valence-electron chi connectivity index (χ3n) is 2.80. The normalized spacial score (nSPS) is 10.4. The number of nitrogens with zero attached hydrogens (tertiary/aromatic N) is 2. The lowest BCUT2D eigenvalue weighted by atomic mass is 10.1. The summed E-state index contributed by atoms with van der Waals surface area (Å²) in [4.78, 5) is 15.2. The predicted molar refractivity (Wildman–Crippen MR) is 68.8 cm³/mol. The first-order chi connectivity index (χ1) is 9.08. The highest BCUT2D eigenvalue weighted by Crippen LogP contribution is 2.17. The number of hydrogen-bond donors (Lipinski definition) is 2. The molecule has 0 unspecified atom stereocenters. The van der Waals surface area contributed by atoms with Gasteiger partial charge in [0, 0.05) is 38.1 Å². The second-order valence-corrected chi connectivity index (χ2v) is 4.13. The highest BCUT2D eigenvalue weighted by atomic mass is 19.1. The van der Waals surface area contributed by atoms with Gasteiger partial charge in [0.2, 0.25) is 0 Å². The molecule has 1 aromatic carbocycles. The molecule has 0 spiro atoms. The minimum Gasteiger partial charge on any atom is -0.478 e. The predicted octanol–water partition coefficient (Wildman–Crippen LogP) is 1.91. The van der Waals surface area contributed by atoms with Crippen molar-refractivity contribution in [1.29, 1.82) is 0 Å². The maximum atomic E-state index is 13.0. The number of aromatic nitrogens is 2. The quantitative estimate of drug-likeness (QED) is 0.864. The molecular weight excluding hydrogens is 249 g/mol. The fourth-order valence-electron chi connectivity index (χ4n) is 1.79. The molecule has 0 aliphatic rings. The van der Waals surface area contributed by atoms with E-state index in [1.165, 1.54) is 12.1 Å². The lowest BCUT2D eigenvalue weighted by molar-refractivity contribution is 0.0697. The Morgan fingerprint density at radius 1 is 1.53 bits per heavy atom. The molecule has 2 aromatic rings. The molecule has 1 aromatic heterocycles. The summed E-state index contributed by atoms with van der Waals surface area (Å²) in [6.07, 6.45) is 4.20. The topological polar surface area (TPSA) is 67.2 Å². The summed E-state index contributed by atoms with van der Waals surface area (Å²) >= 11 is 0. The Kier molecular flexibility index (Phi) is 3.79. The second kappa shape index (κ2) is 5.51. The average molecular weight is 263 g/mol. The first-order valence-electron chi connectivity index (χ1n) is 5.81. The van der Waals surface area contributed by atoms with Gasteiger partial charge in [-0.1, -0.05) is 0 Å². The molecule has 0 atom stereocenters. The zero-order valence-electron chi connectivity index (χ0n) is 10.4. The van der Waals surface area contributed by atoms with Crippen LogP contribution < -0.4 is 5.32 Å². The number of hydrogen-bond acceptors (Lipinski definition) is 3. The number of halogens is 1. The molecular formula is C13H14FN3O2. The van der Waals surface area contributed by atoms with Gasteiger partial charge in [-0.3, -0.25) is 0 Å². The fourth-order valence-corrected chi connectivity index (χ4v) is 1.79. The van der Waals surface area contributed by atoms with E-state index < -0.39 is 11.8 Å². The number of carboxylic acid groups (broad SMARTS) is 1. The summed E-state index contributed by atoms with van der Waals surface area (Å²) in [7, 11) is 1.89. The van der Waals surface area contributed by atoms with Gasteiger partial charge in [-0.25, -0.2) is 14.2 Å². The molecule has 0 radical (unpaired) electrons. The Morgan fingerprint density at radius 2 is 2.32 bits per heavy atom. The van der Waals surface area contributed by atoms with Gasteiger partial charge in [0.25, 0.3) is 0 Å². The lowest BCUT2D eigenvalue weighted by Crippen LogP contribution is -2.11. The van der Waals surface area contributed by atoms with Crippen LogP contribution in [0.1, 0.15) is 16.2 Å². The van der Waals surface area contributed by atoms with Crippen LogP contribution in [0.5, 0.6) is 0 Å². The SMILES string of the molecule is Cn1ccnc1CCNc1ccc(F)cc1C(=O)O. The van der Waals surface area contributed by atoms with Crippen molar-refractivity contribution >= 4 is 11.7 Å². The third kappa shape index (κ3) is 3.09. The maximum Gasteiger partial charge on any atom is 0.337 e. The summed E-state index contributed by atoms with van der Waals surface area (Å²) in [6, 6.07) is 3.66. The number of aryl methyl sites for hydroxylation is 1. The molecule has 0 bridgehead atoms. The third-order valence-corrected chi connectivity index (χ3v) is 2.80. The summed E-state index contributed by atoms with van der Waals surface area (Å²) in [5.74, 6) is -0.822. The minimum absolute atomic E-state index is 0.0696. The van der Waals surface area contributed by atoms with E-state index in [1.54, 1.807) is 6.20 Å². The maximum absolute atomic E-state index is 13.0. The van der Waals surface area contributed by atoms with Crippen LogP contribution in [0.15, 0.2) is 30.6 Å². The Hall–Kier alpha value is -2.37. The van der Waals surface area contributed by atoms with Crippen molar-refractivity contribution in [3.8, 4) is 0 Å². The molecule has 0 amide bonds. The molecule has 0 saturated heterocycles. The van der Waals surface area contributed by atoms with Crippen LogP contribution in [0, 0.1) is 5.82 Å². The van der Waals surface area contributed by atoms with E-state index in [4.69, 9.17) is 5.11 Å². The minimum atomic E-state index is -1.15. The number of carboxylic acids is 1. The van der Waals surface area contributed by atoms with Crippen LogP contribution in [-0.2, 0) is 13.5 Å². The molecule has 2 rings (SSSR count). The van der Waals surface area contributed by atoms with Crippen molar-refractivity contribution in [2.24, 2.45) is 7.05 Å². The molecule has 0 fully saturated rings. The van der Waals surface area contributed by atoms with Gasteiger partial charge in [-0.15, -0.1) is 0 Å². The number of aromatic carboxylic acids is 1. The van der Waals surface area contributed by atoms with Crippen molar-refractivity contribution in [2.45, 2.75) is 6.42 Å². The van der Waals surface area contributed by atoms with Gasteiger partial charge in [-0.05, 0) is 18.2 Å². The fraction of sp³-hybridized carbons (Fsp3) is 0.231. The van der Waals surface area contributed by atoms with E-state index in [1.807, 2.05) is 17.8 Å². The van der Waals surface area contributed by atoms with Gasteiger partial charge in [0.15, 0.2) is 0 Å². The van der Waals surface area contributed by atoms with Crippen molar-refractivity contribution in [3.63, 3.8) is 0 Å². The number of imidazole rings is 1. The summed E-state index contributed by atoms with van der Waals surface area (Å²) in [5, 5.41) is 12.0. The molecule has 1 heterocycles. The standard InChI is InChI=1S/C13H14FN3O2/c1-17-7-6-16-12(17)4-5-15-11-3-2-9(14)8-10(11)13(18)19/h2-3,6-8,15H,4-5H2,1H3,(H,18,19). The number of nitrogens with one attached hydrogen (secondary N) is 1.